The molecule has 120 valence electrons. The molecule has 0 bridgehead atoms. The first-order chi connectivity index (χ1) is 9.34. The van der Waals surface area contributed by atoms with Crippen molar-refractivity contribution in [2.24, 2.45) is 0 Å². The Kier molecular flexibility index (Phi) is 5.62. The second-order valence-corrected chi connectivity index (χ2v) is 10.9. The Morgan fingerprint density at radius 3 is 1.86 bits per heavy atom. The number of benzene rings is 1. The van der Waals surface area contributed by atoms with Crippen LogP contribution in [-0.4, -0.2) is 18.8 Å². The minimum atomic E-state index is -4.33. The maximum atomic E-state index is 11.8. The van der Waals surface area contributed by atoms with E-state index in [4.69, 9.17) is 4.43 Å². The summed E-state index contributed by atoms with van der Waals surface area (Å²) in [6, 6.07) is 3.71. The summed E-state index contributed by atoms with van der Waals surface area (Å²) in [6.07, 6.45) is 0. The third-order valence-electron chi connectivity index (χ3n) is 3.30. The molecule has 1 unspecified atom stereocenters. The van der Waals surface area contributed by atoms with E-state index in [1.54, 1.807) is 0 Å². The second-order valence-electron chi connectivity index (χ2n) is 6.91. The Hall–Kier alpha value is -0.453. The quantitative estimate of drug-likeness (QED) is 0.651. The smallest absolute Gasteiger partial charge is 0.357 e. The van der Waals surface area contributed by atoms with Gasteiger partial charge in [-0.2, -0.15) is 0 Å². The molecule has 21 heavy (non-hydrogen) atoms. The lowest BCUT2D eigenvalue weighted by molar-refractivity contribution is 0.229. The summed E-state index contributed by atoms with van der Waals surface area (Å²) in [4.78, 5) is 19.2. The molecule has 0 aromatic heterocycles. The van der Waals surface area contributed by atoms with Crippen molar-refractivity contribution in [1.82, 2.24) is 0 Å². The van der Waals surface area contributed by atoms with Gasteiger partial charge < -0.3 is 14.2 Å². The van der Waals surface area contributed by atoms with Crippen LogP contribution in [0.15, 0.2) is 12.1 Å². The highest BCUT2D eigenvalue weighted by Gasteiger charge is 2.33. The summed E-state index contributed by atoms with van der Waals surface area (Å²) >= 11 is 0. The van der Waals surface area contributed by atoms with E-state index in [2.05, 4.69) is 20.8 Å². The zero-order valence-electron chi connectivity index (χ0n) is 14.0. The van der Waals surface area contributed by atoms with Gasteiger partial charge in [0.15, 0.2) is 14.9 Å². The van der Waals surface area contributed by atoms with E-state index in [9.17, 15) is 14.4 Å². The van der Waals surface area contributed by atoms with E-state index in [0.29, 0.717) is 5.56 Å². The maximum absolute atomic E-state index is 11.8. The largest absolute Gasteiger partial charge is 0.403 e. The highest BCUT2D eigenvalue weighted by Crippen LogP contribution is 2.53. The van der Waals surface area contributed by atoms with Gasteiger partial charge in [-0.25, -0.2) is 0 Å². The number of hydrogen-bond donors (Lipinski definition) is 2. The fourth-order valence-corrected chi connectivity index (χ4v) is 5.51. The number of aryl methyl sites for hydroxylation is 2. The van der Waals surface area contributed by atoms with Gasteiger partial charge in [-0.3, -0.25) is 4.57 Å². The summed E-state index contributed by atoms with van der Waals surface area (Å²) in [5.74, 6) is -1.14. The molecule has 1 aromatic rings. The van der Waals surface area contributed by atoms with Gasteiger partial charge in [-0.15, -0.1) is 0 Å². The Morgan fingerprint density at radius 1 is 1.14 bits per heavy atom. The summed E-state index contributed by atoms with van der Waals surface area (Å²) in [5, 5.41) is 0. The SMILES string of the molecule is Cc1cc(C(O[SiH](C)C)P(=O)(O)O)cc(C)c1C(C)(C)C. The number of rotatable bonds is 4. The molecule has 1 aromatic carbocycles. The molecule has 1 atom stereocenters. The van der Waals surface area contributed by atoms with Crippen molar-refractivity contribution in [3.63, 3.8) is 0 Å². The Balaban J connectivity index is 3.40. The van der Waals surface area contributed by atoms with Crippen LogP contribution < -0.4 is 0 Å². The summed E-state index contributed by atoms with van der Waals surface area (Å²) in [6.45, 7) is 14.2. The van der Waals surface area contributed by atoms with Crippen molar-refractivity contribution in [2.45, 2.75) is 59.0 Å². The standard InChI is InChI=1S/C15H27O4PSi/c1-10-8-12(9-11(2)13(10)15(3,4)5)14(19-21(6)7)20(16,17)18/h8-9,14,21H,1-7H3,(H2,16,17,18). The Morgan fingerprint density at radius 2 is 1.57 bits per heavy atom. The molecular formula is C15H27O4PSi. The fraction of sp³-hybridized carbons (Fsp3) is 0.600. The lowest BCUT2D eigenvalue weighted by Crippen LogP contribution is -2.18. The van der Waals surface area contributed by atoms with Crippen LogP contribution in [0.25, 0.3) is 0 Å². The van der Waals surface area contributed by atoms with Crippen LogP contribution in [0.3, 0.4) is 0 Å². The van der Waals surface area contributed by atoms with Crippen molar-refractivity contribution < 1.29 is 18.8 Å². The first-order valence-electron chi connectivity index (χ1n) is 7.16. The average molecular weight is 330 g/mol. The van der Waals surface area contributed by atoms with E-state index < -0.39 is 22.5 Å². The highest BCUT2D eigenvalue weighted by atomic mass is 31.2. The normalized spacial score (nSPS) is 14.6. The Labute approximate surface area is 129 Å². The van der Waals surface area contributed by atoms with Crippen LogP contribution >= 0.6 is 7.60 Å². The fourth-order valence-electron chi connectivity index (χ4n) is 2.93. The van der Waals surface area contributed by atoms with Gasteiger partial charge in [0.1, 0.15) is 0 Å². The predicted molar refractivity (Wildman–Crippen MR) is 89.4 cm³/mol. The van der Waals surface area contributed by atoms with Crippen LogP contribution in [-0.2, 0) is 14.4 Å². The Bertz CT molecular complexity index is 534. The first-order valence-corrected chi connectivity index (χ1v) is 11.6. The summed E-state index contributed by atoms with van der Waals surface area (Å²) < 4.78 is 17.4. The topological polar surface area (TPSA) is 66.8 Å². The molecular weight excluding hydrogens is 303 g/mol. The molecule has 6 heteroatoms. The van der Waals surface area contributed by atoms with Crippen molar-refractivity contribution in [1.29, 1.82) is 0 Å². The lowest BCUT2D eigenvalue weighted by atomic mass is 9.80. The second kappa shape index (κ2) is 6.35. The molecule has 4 nitrogen and oxygen atoms in total. The molecule has 1 rings (SSSR count). The molecule has 0 radical (unpaired) electrons. The van der Waals surface area contributed by atoms with Gasteiger partial charge in [0.2, 0.25) is 0 Å². The van der Waals surface area contributed by atoms with E-state index in [-0.39, 0.29) is 5.41 Å². The summed E-state index contributed by atoms with van der Waals surface area (Å²) in [5.41, 5.74) is 3.89. The zero-order chi connectivity index (χ0) is 16.6. The highest BCUT2D eigenvalue weighted by molar-refractivity contribution is 7.52. The van der Waals surface area contributed by atoms with Gasteiger partial charge in [0, 0.05) is 0 Å². The van der Waals surface area contributed by atoms with Gasteiger partial charge >= 0.3 is 7.60 Å². The molecule has 0 aliphatic carbocycles. The van der Waals surface area contributed by atoms with Crippen LogP contribution in [0, 0.1) is 13.8 Å². The maximum Gasteiger partial charge on any atom is 0.357 e. The monoisotopic (exact) mass is 330 g/mol. The molecule has 0 aliphatic rings. The molecule has 0 heterocycles. The summed E-state index contributed by atoms with van der Waals surface area (Å²) in [7, 11) is -5.90. The number of hydrogen-bond acceptors (Lipinski definition) is 2. The zero-order valence-corrected chi connectivity index (χ0v) is 16.0. The molecule has 0 aliphatic heterocycles. The third kappa shape index (κ3) is 4.76. The van der Waals surface area contributed by atoms with Crippen molar-refractivity contribution in [3.8, 4) is 0 Å². The molecule has 2 N–H and O–H groups in total. The van der Waals surface area contributed by atoms with Gasteiger partial charge in [-0.1, -0.05) is 32.9 Å². The molecule has 0 saturated carbocycles. The van der Waals surface area contributed by atoms with Crippen LogP contribution in [0.4, 0.5) is 0 Å². The van der Waals surface area contributed by atoms with Crippen molar-refractivity contribution in [2.75, 3.05) is 0 Å². The van der Waals surface area contributed by atoms with E-state index in [1.165, 1.54) is 5.56 Å². The van der Waals surface area contributed by atoms with E-state index >= 15 is 0 Å². The third-order valence-corrected chi connectivity index (χ3v) is 5.37. The molecule has 0 spiro atoms. The molecule has 0 amide bonds. The van der Waals surface area contributed by atoms with Gasteiger partial charge in [0.25, 0.3) is 0 Å². The minimum Gasteiger partial charge on any atom is -0.403 e. The lowest BCUT2D eigenvalue weighted by Gasteiger charge is -2.28. The minimum absolute atomic E-state index is 0.00201. The predicted octanol–water partition coefficient (Wildman–Crippen LogP) is 3.78. The van der Waals surface area contributed by atoms with Crippen LogP contribution in [0.2, 0.25) is 13.1 Å². The van der Waals surface area contributed by atoms with Crippen molar-refractivity contribution in [3.05, 3.63) is 34.4 Å². The molecule has 0 saturated heterocycles. The van der Waals surface area contributed by atoms with Crippen molar-refractivity contribution >= 4 is 16.6 Å². The van der Waals surface area contributed by atoms with Crippen LogP contribution in [0.1, 0.15) is 48.9 Å². The van der Waals surface area contributed by atoms with E-state index in [1.807, 2.05) is 39.1 Å². The average Bonchev–Trinajstić information content (AvgIpc) is 2.20. The van der Waals surface area contributed by atoms with Crippen LogP contribution in [0.5, 0.6) is 0 Å². The van der Waals surface area contributed by atoms with Gasteiger partial charge in [0.05, 0.1) is 0 Å². The molecule has 0 fully saturated rings. The van der Waals surface area contributed by atoms with E-state index in [0.717, 1.165) is 11.1 Å². The van der Waals surface area contributed by atoms with Gasteiger partial charge in [-0.05, 0) is 54.6 Å². The first kappa shape index (κ1) is 18.6.